The molecule has 0 unspecified atom stereocenters. The zero-order valence-corrected chi connectivity index (χ0v) is 18.4. The highest BCUT2D eigenvalue weighted by Gasteiger charge is 2.30. The molecule has 4 rings (SSSR count). The van der Waals surface area contributed by atoms with Gasteiger partial charge in [-0.3, -0.25) is 9.48 Å². The number of primary amides is 1. The molecule has 166 valence electrons. The lowest BCUT2D eigenvalue weighted by atomic mass is 9.87. The number of carbonyl (C=O) groups is 2. The highest BCUT2D eigenvalue weighted by atomic mass is 19.1. The Kier molecular flexibility index (Phi) is 5.46. The van der Waals surface area contributed by atoms with Crippen LogP contribution in [0.2, 0.25) is 0 Å². The predicted molar refractivity (Wildman–Crippen MR) is 121 cm³/mol. The van der Waals surface area contributed by atoms with E-state index in [1.807, 2.05) is 24.3 Å². The number of rotatable bonds is 3. The third-order valence-electron chi connectivity index (χ3n) is 5.63. The number of halogens is 1. The Labute approximate surface area is 186 Å². The maximum atomic E-state index is 13.9. The predicted octanol–water partition coefficient (Wildman–Crippen LogP) is 4.13. The maximum absolute atomic E-state index is 13.9. The average Bonchev–Trinajstić information content (AvgIpc) is 3.12. The molecule has 2 heterocycles. The van der Waals surface area contributed by atoms with Gasteiger partial charge in [0, 0.05) is 17.8 Å². The van der Waals surface area contributed by atoms with Crippen molar-refractivity contribution in [3.05, 3.63) is 71.2 Å². The van der Waals surface area contributed by atoms with Gasteiger partial charge in [-0.25, -0.2) is 9.18 Å². The van der Waals surface area contributed by atoms with Crippen LogP contribution in [0.1, 0.15) is 42.4 Å². The van der Waals surface area contributed by atoms with Gasteiger partial charge in [-0.05, 0) is 35.2 Å². The zero-order valence-electron chi connectivity index (χ0n) is 18.4. The Bertz CT molecular complexity index is 1180. The Morgan fingerprint density at radius 2 is 1.81 bits per heavy atom. The van der Waals surface area contributed by atoms with Crippen molar-refractivity contribution in [3.8, 4) is 11.3 Å². The van der Waals surface area contributed by atoms with Gasteiger partial charge in [0.2, 0.25) is 0 Å². The SMILES string of the molecule is CC(C)(C)c1ccc(NC(=O)c2c(-c3cccc(F)c3)nn3c2CN(C(N)=O)CC3)cc1. The van der Waals surface area contributed by atoms with Gasteiger partial charge in [0.1, 0.15) is 11.5 Å². The molecule has 0 aliphatic carbocycles. The van der Waals surface area contributed by atoms with Crippen molar-refractivity contribution < 1.29 is 14.0 Å². The molecule has 3 N–H and O–H groups in total. The number of nitrogens with one attached hydrogen (secondary N) is 1. The van der Waals surface area contributed by atoms with E-state index in [1.54, 1.807) is 16.8 Å². The first-order valence-corrected chi connectivity index (χ1v) is 10.5. The maximum Gasteiger partial charge on any atom is 0.315 e. The first kappa shape index (κ1) is 21.5. The van der Waals surface area contributed by atoms with Crippen LogP contribution in [-0.2, 0) is 18.5 Å². The van der Waals surface area contributed by atoms with Crippen LogP contribution in [0.4, 0.5) is 14.9 Å². The lowest BCUT2D eigenvalue weighted by Gasteiger charge is -2.26. The molecule has 3 amide bonds. The summed E-state index contributed by atoms with van der Waals surface area (Å²) in [7, 11) is 0. The van der Waals surface area contributed by atoms with Crippen molar-refractivity contribution in [1.29, 1.82) is 0 Å². The number of anilines is 1. The molecule has 0 saturated carbocycles. The molecule has 8 heteroatoms. The minimum absolute atomic E-state index is 0.00335. The second kappa shape index (κ2) is 8.11. The van der Waals surface area contributed by atoms with Gasteiger partial charge < -0.3 is 16.0 Å². The van der Waals surface area contributed by atoms with Gasteiger partial charge in [0.25, 0.3) is 5.91 Å². The number of aromatic nitrogens is 2. The lowest BCUT2D eigenvalue weighted by Crippen LogP contribution is -2.42. The van der Waals surface area contributed by atoms with Crippen LogP contribution in [0.5, 0.6) is 0 Å². The van der Waals surface area contributed by atoms with Crippen molar-refractivity contribution in [1.82, 2.24) is 14.7 Å². The minimum Gasteiger partial charge on any atom is -0.351 e. The normalized spacial score (nSPS) is 13.6. The Hall–Kier alpha value is -3.68. The molecule has 3 aromatic rings. The molecule has 1 aliphatic heterocycles. The summed E-state index contributed by atoms with van der Waals surface area (Å²) in [4.78, 5) is 26.6. The highest BCUT2D eigenvalue weighted by Crippen LogP contribution is 2.30. The van der Waals surface area contributed by atoms with Crippen LogP contribution in [0.3, 0.4) is 0 Å². The van der Waals surface area contributed by atoms with Gasteiger partial charge in [0.15, 0.2) is 0 Å². The minimum atomic E-state index is -0.561. The van der Waals surface area contributed by atoms with E-state index in [2.05, 4.69) is 31.2 Å². The molecule has 0 fully saturated rings. The van der Waals surface area contributed by atoms with E-state index in [0.29, 0.717) is 41.3 Å². The van der Waals surface area contributed by atoms with Crippen molar-refractivity contribution in [2.24, 2.45) is 5.73 Å². The Balaban J connectivity index is 1.73. The van der Waals surface area contributed by atoms with Crippen LogP contribution in [0.15, 0.2) is 48.5 Å². The molecule has 2 aromatic carbocycles. The average molecular weight is 436 g/mol. The number of carbonyl (C=O) groups excluding carboxylic acids is 2. The number of hydrogen-bond donors (Lipinski definition) is 2. The fraction of sp³-hybridized carbons (Fsp3) is 0.292. The molecule has 7 nitrogen and oxygen atoms in total. The van der Waals surface area contributed by atoms with E-state index < -0.39 is 11.8 Å². The van der Waals surface area contributed by atoms with E-state index in [9.17, 15) is 14.0 Å². The van der Waals surface area contributed by atoms with Gasteiger partial charge >= 0.3 is 6.03 Å². The Morgan fingerprint density at radius 1 is 1.09 bits per heavy atom. The van der Waals surface area contributed by atoms with Crippen LogP contribution < -0.4 is 11.1 Å². The molecular weight excluding hydrogens is 409 g/mol. The summed E-state index contributed by atoms with van der Waals surface area (Å²) in [6.07, 6.45) is 0. The number of hydrogen-bond acceptors (Lipinski definition) is 3. The van der Waals surface area contributed by atoms with Crippen LogP contribution >= 0.6 is 0 Å². The molecule has 0 radical (unpaired) electrons. The molecule has 0 bridgehead atoms. The molecule has 0 spiro atoms. The number of nitrogens with two attached hydrogens (primary N) is 1. The van der Waals surface area contributed by atoms with E-state index >= 15 is 0 Å². The largest absolute Gasteiger partial charge is 0.351 e. The number of urea groups is 1. The van der Waals surface area contributed by atoms with Crippen molar-refractivity contribution >= 4 is 17.6 Å². The van der Waals surface area contributed by atoms with Gasteiger partial charge in [-0.1, -0.05) is 45.0 Å². The molecule has 32 heavy (non-hydrogen) atoms. The van der Waals surface area contributed by atoms with Crippen molar-refractivity contribution in [2.75, 3.05) is 11.9 Å². The van der Waals surface area contributed by atoms with E-state index in [0.717, 1.165) is 5.56 Å². The third kappa shape index (κ3) is 4.21. The first-order chi connectivity index (χ1) is 15.1. The number of benzene rings is 2. The first-order valence-electron chi connectivity index (χ1n) is 10.5. The number of fused-ring (bicyclic) bond motifs is 1. The zero-order chi connectivity index (χ0) is 23.0. The highest BCUT2D eigenvalue weighted by molar-refractivity contribution is 6.09. The molecule has 0 saturated heterocycles. The standard InChI is InChI=1S/C24H26FN5O2/c1-24(2,3)16-7-9-18(10-8-16)27-22(31)20-19-14-29(23(26)32)11-12-30(19)28-21(20)15-5-4-6-17(25)13-15/h4-10,13H,11-12,14H2,1-3H3,(H2,26,32)(H,27,31). The van der Waals surface area contributed by atoms with E-state index in [4.69, 9.17) is 5.73 Å². The summed E-state index contributed by atoms with van der Waals surface area (Å²) in [6.45, 7) is 7.31. The summed E-state index contributed by atoms with van der Waals surface area (Å²) >= 11 is 0. The van der Waals surface area contributed by atoms with Gasteiger partial charge in [-0.15, -0.1) is 0 Å². The summed E-state index contributed by atoms with van der Waals surface area (Å²) < 4.78 is 15.6. The summed E-state index contributed by atoms with van der Waals surface area (Å²) in [6, 6.07) is 13.1. The summed E-state index contributed by atoms with van der Waals surface area (Å²) in [5.74, 6) is -0.795. The smallest absolute Gasteiger partial charge is 0.315 e. The summed E-state index contributed by atoms with van der Waals surface area (Å²) in [5.41, 5.74) is 8.98. The van der Waals surface area contributed by atoms with E-state index in [1.165, 1.54) is 17.0 Å². The lowest BCUT2D eigenvalue weighted by molar-refractivity contribution is 0.102. The topological polar surface area (TPSA) is 93.2 Å². The van der Waals surface area contributed by atoms with Crippen LogP contribution in [0.25, 0.3) is 11.3 Å². The Morgan fingerprint density at radius 3 is 2.44 bits per heavy atom. The van der Waals surface area contributed by atoms with Gasteiger partial charge in [0.05, 0.1) is 24.3 Å². The van der Waals surface area contributed by atoms with Crippen molar-refractivity contribution in [2.45, 2.75) is 39.3 Å². The summed E-state index contributed by atoms with van der Waals surface area (Å²) in [5, 5.41) is 7.50. The number of nitrogens with zero attached hydrogens (tertiary/aromatic N) is 3. The van der Waals surface area contributed by atoms with E-state index in [-0.39, 0.29) is 17.9 Å². The fourth-order valence-corrected chi connectivity index (χ4v) is 3.83. The second-order valence-corrected chi connectivity index (χ2v) is 8.95. The molecule has 1 aromatic heterocycles. The fourth-order valence-electron chi connectivity index (χ4n) is 3.83. The van der Waals surface area contributed by atoms with Crippen LogP contribution in [-0.4, -0.2) is 33.2 Å². The second-order valence-electron chi connectivity index (χ2n) is 8.95. The third-order valence-corrected chi connectivity index (χ3v) is 5.63. The van der Waals surface area contributed by atoms with Gasteiger partial charge in [-0.2, -0.15) is 5.10 Å². The molecule has 1 aliphatic rings. The monoisotopic (exact) mass is 435 g/mol. The van der Waals surface area contributed by atoms with Crippen LogP contribution in [0, 0.1) is 5.82 Å². The molecule has 0 atom stereocenters. The number of amides is 3. The van der Waals surface area contributed by atoms with Crippen molar-refractivity contribution in [3.63, 3.8) is 0 Å². The molecular formula is C24H26FN5O2. The quantitative estimate of drug-likeness (QED) is 0.648.